The van der Waals surface area contributed by atoms with Crippen molar-refractivity contribution in [2.75, 3.05) is 26.8 Å². The molecule has 1 aliphatic heterocycles. The van der Waals surface area contributed by atoms with Crippen molar-refractivity contribution in [2.24, 2.45) is 0 Å². The van der Waals surface area contributed by atoms with Gasteiger partial charge in [-0.2, -0.15) is 0 Å². The van der Waals surface area contributed by atoms with E-state index in [9.17, 15) is 4.79 Å². The Morgan fingerprint density at radius 1 is 1.17 bits per heavy atom. The van der Waals surface area contributed by atoms with Gasteiger partial charge in [-0.1, -0.05) is 41.9 Å². The molecule has 1 amide bonds. The van der Waals surface area contributed by atoms with E-state index in [1.165, 1.54) is 0 Å². The summed E-state index contributed by atoms with van der Waals surface area (Å²) in [4.78, 5) is 14.3. The topological polar surface area (TPSA) is 57.2 Å². The third kappa shape index (κ3) is 5.80. The van der Waals surface area contributed by atoms with Crippen molar-refractivity contribution in [1.82, 2.24) is 4.90 Å². The molecule has 2 aromatic carbocycles. The predicted molar refractivity (Wildman–Crippen MR) is 115 cm³/mol. The number of hydrogen-bond donors (Lipinski definition) is 0. The van der Waals surface area contributed by atoms with Gasteiger partial charge in [0.1, 0.15) is 11.7 Å². The van der Waals surface area contributed by atoms with Crippen LogP contribution in [-0.2, 0) is 9.47 Å². The molecule has 1 saturated heterocycles. The molecule has 0 radical (unpaired) electrons. The van der Waals surface area contributed by atoms with Gasteiger partial charge in [0.05, 0.1) is 20.3 Å². The molecule has 0 spiro atoms. The van der Waals surface area contributed by atoms with Crippen LogP contribution >= 0.6 is 11.6 Å². The molecule has 0 unspecified atom stereocenters. The van der Waals surface area contributed by atoms with Gasteiger partial charge in [0, 0.05) is 17.6 Å². The van der Waals surface area contributed by atoms with E-state index >= 15 is 0 Å². The Bertz CT molecular complexity index is 852. The first-order valence-electron chi connectivity index (χ1n) is 9.91. The molecule has 1 aliphatic rings. The molecule has 0 aromatic heterocycles. The largest absolute Gasteiger partial charge is 0.493 e. The van der Waals surface area contributed by atoms with Crippen LogP contribution < -0.4 is 9.47 Å². The number of ether oxygens (including phenoxy) is 4. The number of nitrogens with zero attached hydrogens (tertiary/aromatic N) is 1. The fraction of sp³-hybridized carbons (Fsp3) is 0.435. The van der Waals surface area contributed by atoms with Gasteiger partial charge in [-0.25, -0.2) is 4.79 Å². The van der Waals surface area contributed by atoms with Crippen LogP contribution in [0.5, 0.6) is 11.5 Å². The van der Waals surface area contributed by atoms with Crippen molar-refractivity contribution in [3.05, 3.63) is 59.1 Å². The van der Waals surface area contributed by atoms with Gasteiger partial charge in [-0.05, 0) is 38.5 Å². The van der Waals surface area contributed by atoms with Crippen LogP contribution in [0.1, 0.15) is 32.4 Å². The van der Waals surface area contributed by atoms with E-state index in [4.69, 9.17) is 30.5 Å². The molecule has 0 saturated carbocycles. The Morgan fingerprint density at radius 3 is 2.57 bits per heavy atom. The average Bonchev–Trinajstić information content (AvgIpc) is 2.72. The second-order valence-electron chi connectivity index (χ2n) is 8.08. The molecular weight excluding hydrogens is 406 g/mol. The van der Waals surface area contributed by atoms with E-state index in [1.54, 1.807) is 30.2 Å². The second kappa shape index (κ2) is 9.58. The first-order valence-corrected chi connectivity index (χ1v) is 10.3. The fourth-order valence-corrected chi connectivity index (χ4v) is 3.39. The second-order valence-corrected chi connectivity index (χ2v) is 8.52. The van der Waals surface area contributed by atoms with Crippen molar-refractivity contribution in [1.29, 1.82) is 0 Å². The van der Waals surface area contributed by atoms with Gasteiger partial charge in [0.25, 0.3) is 0 Å². The molecule has 162 valence electrons. The van der Waals surface area contributed by atoms with Crippen molar-refractivity contribution >= 4 is 17.7 Å². The maximum atomic E-state index is 12.6. The minimum Gasteiger partial charge on any atom is -0.493 e. The van der Waals surface area contributed by atoms with Crippen molar-refractivity contribution < 1.29 is 23.7 Å². The number of carbonyl (C=O) groups is 1. The first kappa shape index (κ1) is 22.2. The van der Waals surface area contributed by atoms with E-state index in [2.05, 4.69) is 0 Å². The van der Waals surface area contributed by atoms with Crippen LogP contribution in [0.15, 0.2) is 48.5 Å². The molecule has 1 heterocycles. The molecule has 0 N–H and O–H groups in total. The van der Waals surface area contributed by atoms with Crippen molar-refractivity contribution in [3.8, 4) is 11.5 Å². The maximum absolute atomic E-state index is 12.6. The zero-order valence-electron chi connectivity index (χ0n) is 17.8. The van der Waals surface area contributed by atoms with Gasteiger partial charge in [-0.15, -0.1) is 0 Å². The maximum Gasteiger partial charge on any atom is 0.410 e. The number of rotatable bonds is 5. The predicted octanol–water partition coefficient (Wildman–Crippen LogP) is 5.10. The lowest BCUT2D eigenvalue weighted by Crippen LogP contribution is -2.50. The SMILES string of the molecule is COc1cc(Cl)ccc1O[C@@H](c1ccccc1)[C@@H]1CN(C(=O)OC(C)(C)C)CCO1. The highest BCUT2D eigenvalue weighted by Crippen LogP contribution is 2.36. The van der Waals surface area contributed by atoms with Crippen LogP contribution in [0, 0.1) is 0 Å². The fourth-order valence-electron chi connectivity index (χ4n) is 3.23. The first-order chi connectivity index (χ1) is 14.3. The van der Waals surface area contributed by atoms with E-state index in [1.807, 2.05) is 51.1 Å². The molecule has 2 atom stereocenters. The molecular formula is C23H28ClNO5. The molecule has 0 bridgehead atoms. The number of carbonyl (C=O) groups excluding carboxylic acids is 1. The number of halogens is 1. The molecule has 1 fully saturated rings. The summed E-state index contributed by atoms with van der Waals surface area (Å²) in [6.45, 7) is 6.78. The van der Waals surface area contributed by atoms with Gasteiger partial charge in [0.2, 0.25) is 0 Å². The smallest absolute Gasteiger partial charge is 0.410 e. The minimum atomic E-state index is -0.559. The number of morpholine rings is 1. The van der Waals surface area contributed by atoms with Crippen LogP contribution in [0.25, 0.3) is 0 Å². The van der Waals surface area contributed by atoms with Crippen molar-refractivity contribution in [3.63, 3.8) is 0 Å². The van der Waals surface area contributed by atoms with Crippen LogP contribution in [0.4, 0.5) is 4.79 Å². The quantitative estimate of drug-likeness (QED) is 0.656. The summed E-state index contributed by atoms with van der Waals surface area (Å²) in [5.74, 6) is 1.08. The monoisotopic (exact) mass is 433 g/mol. The highest BCUT2D eigenvalue weighted by Gasteiger charge is 2.35. The number of methoxy groups -OCH3 is 1. The summed E-state index contributed by atoms with van der Waals surface area (Å²) in [7, 11) is 1.57. The van der Waals surface area contributed by atoms with E-state index < -0.39 is 11.7 Å². The normalized spacial score (nSPS) is 17.9. The molecule has 3 rings (SSSR count). The minimum absolute atomic E-state index is 0.352. The molecule has 2 aromatic rings. The van der Waals surface area contributed by atoms with E-state index in [-0.39, 0.29) is 12.2 Å². The molecule has 7 heteroatoms. The molecule has 6 nitrogen and oxygen atoms in total. The summed E-state index contributed by atoms with van der Waals surface area (Å²) in [5, 5.41) is 0.556. The summed E-state index contributed by atoms with van der Waals surface area (Å²) in [6.07, 6.45) is -1.19. The molecule has 0 aliphatic carbocycles. The Labute approximate surface area is 182 Å². The highest BCUT2D eigenvalue weighted by atomic mass is 35.5. The van der Waals surface area contributed by atoms with Gasteiger partial charge in [-0.3, -0.25) is 0 Å². The Kier molecular flexibility index (Phi) is 7.10. The third-order valence-corrected chi connectivity index (χ3v) is 4.83. The zero-order valence-corrected chi connectivity index (χ0v) is 18.5. The van der Waals surface area contributed by atoms with Crippen LogP contribution in [-0.4, -0.2) is 49.5 Å². The Hall–Kier alpha value is -2.44. The third-order valence-electron chi connectivity index (χ3n) is 4.59. The molecule has 30 heavy (non-hydrogen) atoms. The highest BCUT2D eigenvalue weighted by molar-refractivity contribution is 6.30. The van der Waals surface area contributed by atoms with E-state index in [0.29, 0.717) is 36.2 Å². The van der Waals surface area contributed by atoms with Gasteiger partial charge in [0.15, 0.2) is 17.6 Å². The lowest BCUT2D eigenvalue weighted by atomic mass is 10.0. The standard InChI is InChI=1S/C23H28ClNO5/c1-23(2,3)30-22(26)25-12-13-28-20(15-25)21(16-8-6-5-7-9-16)29-18-11-10-17(24)14-19(18)27-4/h5-11,14,20-21H,12-13,15H2,1-4H3/t20-,21-/m0/s1. The van der Waals surface area contributed by atoms with Gasteiger partial charge >= 0.3 is 6.09 Å². The van der Waals surface area contributed by atoms with Crippen LogP contribution in [0.2, 0.25) is 5.02 Å². The summed E-state index contributed by atoms with van der Waals surface area (Å²) < 4.78 is 23.4. The lowest BCUT2D eigenvalue weighted by molar-refractivity contribution is -0.0840. The van der Waals surface area contributed by atoms with Crippen molar-refractivity contribution in [2.45, 2.75) is 38.6 Å². The average molecular weight is 434 g/mol. The van der Waals surface area contributed by atoms with E-state index in [0.717, 1.165) is 5.56 Å². The lowest BCUT2D eigenvalue weighted by Gasteiger charge is -2.37. The zero-order chi connectivity index (χ0) is 21.7. The summed E-state index contributed by atoms with van der Waals surface area (Å²) >= 11 is 6.09. The Morgan fingerprint density at radius 2 is 1.90 bits per heavy atom. The van der Waals surface area contributed by atoms with Gasteiger partial charge < -0.3 is 23.8 Å². The number of amides is 1. The number of benzene rings is 2. The Balaban J connectivity index is 1.85. The van der Waals surface area contributed by atoms with Crippen LogP contribution in [0.3, 0.4) is 0 Å². The summed E-state index contributed by atoms with van der Waals surface area (Å²) in [6, 6.07) is 15.0. The number of hydrogen-bond acceptors (Lipinski definition) is 5. The summed E-state index contributed by atoms with van der Waals surface area (Å²) in [5.41, 5.74) is 0.377.